The fourth-order valence-corrected chi connectivity index (χ4v) is 2.94. The molecular formula is C24H24ClNO4. The lowest BCUT2D eigenvalue weighted by atomic mass is 10.1. The molecule has 0 heterocycles. The van der Waals surface area contributed by atoms with Gasteiger partial charge in [0.2, 0.25) is 0 Å². The predicted molar refractivity (Wildman–Crippen MR) is 119 cm³/mol. The highest BCUT2D eigenvalue weighted by Gasteiger charge is 2.14. The van der Waals surface area contributed by atoms with Gasteiger partial charge in [0.25, 0.3) is 5.91 Å². The molecule has 3 aromatic rings. The molecule has 30 heavy (non-hydrogen) atoms. The zero-order valence-electron chi connectivity index (χ0n) is 17.0. The van der Waals surface area contributed by atoms with Crippen molar-refractivity contribution >= 4 is 23.2 Å². The number of unbranched alkanes of at least 4 members (excludes halogenated alkanes) is 1. The summed E-state index contributed by atoms with van der Waals surface area (Å²) < 4.78 is 16.9. The summed E-state index contributed by atoms with van der Waals surface area (Å²) in [5.74, 6) is 2.11. The molecule has 156 valence electrons. The third-order valence-corrected chi connectivity index (χ3v) is 4.59. The van der Waals surface area contributed by atoms with Crippen molar-refractivity contribution in [3.8, 4) is 23.0 Å². The summed E-state index contributed by atoms with van der Waals surface area (Å²) in [5.41, 5.74) is 1.03. The molecule has 0 spiro atoms. The second-order valence-electron chi connectivity index (χ2n) is 6.57. The number of nitrogens with one attached hydrogen (secondary N) is 1. The van der Waals surface area contributed by atoms with Gasteiger partial charge in [-0.1, -0.05) is 37.1 Å². The van der Waals surface area contributed by atoms with E-state index in [4.69, 9.17) is 25.8 Å². The summed E-state index contributed by atoms with van der Waals surface area (Å²) in [6.07, 6.45) is 1.93. The molecule has 1 N–H and O–H groups in total. The van der Waals surface area contributed by atoms with Crippen LogP contribution in [-0.2, 0) is 0 Å². The Morgan fingerprint density at radius 1 is 0.967 bits per heavy atom. The SMILES string of the molecule is CCCCOc1ccc(Cl)cc1C(=O)Nc1ccc(Oc2ccccc2OC)cc1. The van der Waals surface area contributed by atoms with Crippen LogP contribution in [0, 0.1) is 0 Å². The van der Waals surface area contributed by atoms with E-state index in [1.54, 1.807) is 49.6 Å². The minimum absolute atomic E-state index is 0.289. The fraction of sp³-hybridized carbons (Fsp3) is 0.208. The summed E-state index contributed by atoms with van der Waals surface area (Å²) in [6.45, 7) is 2.63. The molecular weight excluding hydrogens is 402 g/mol. The van der Waals surface area contributed by atoms with Crippen molar-refractivity contribution in [3.63, 3.8) is 0 Å². The van der Waals surface area contributed by atoms with E-state index in [0.717, 1.165) is 12.8 Å². The van der Waals surface area contributed by atoms with Gasteiger partial charge in [0.05, 0.1) is 19.3 Å². The zero-order chi connectivity index (χ0) is 21.3. The van der Waals surface area contributed by atoms with Crippen LogP contribution in [0.2, 0.25) is 5.02 Å². The first kappa shape index (κ1) is 21.5. The number of ether oxygens (including phenoxy) is 3. The molecule has 5 nitrogen and oxygen atoms in total. The highest BCUT2D eigenvalue weighted by molar-refractivity contribution is 6.31. The van der Waals surface area contributed by atoms with E-state index in [1.807, 2.05) is 24.3 Å². The van der Waals surface area contributed by atoms with E-state index >= 15 is 0 Å². The van der Waals surface area contributed by atoms with Crippen LogP contribution in [0.5, 0.6) is 23.0 Å². The maximum Gasteiger partial charge on any atom is 0.259 e. The molecule has 0 saturated heterocycles. The number of hydrogen-bond acceptors (Lipinski definition) is 4. The van der Waals surface area contributed by atoms with E-state index < -0.39 is 0 Å². The fourth-order valence-electron chi connectivity index (χ4n) is 2.77. The van der Waals surface area contributed by atoms with Crippen LogP contribution < -0.4 is 19.5 Å². The van der Waals surface area contributed by atoms with E-state index in [1.165, 1.54) is 0 Å². The van der Waals surface area contributed by atoms with Gasteiger partial charge in [-0.2, -0.15) is 0 Å². The zero-order valence-corrected chi connectivity index (χ0v) is 17.7. The van der Waals surface area contributed by atoms with Crippen molar-refractivity contribution in [2.45, 2.75) is 19.8 Å². The van der Waals surface area contributed by atoms with Gasteiger partial charge in [-0.3, -0.25) is 4.79 Å². The Kier molecular flexibility index (Phi) is 7.57. The van der Waals surface area contributed by atoms with Crippen molar-refractivity contribution in [1.29, 1.82) is 0 Å². The van der Waals surface area contributed by atoms with Crippen LogP contribution in [0.3, 0.4) is 0 Å². The highest BCUT2D eigenvalue weighted by atomic mass is 35.5. The van der Waals surface area contributed by atoms with Crippen molar-refractivity contribution in [1.82, 2.24) is 0 Å². The van der Waals surface area contributed by atoms with Gasteiger partial charge in [0.15, 0.2) is 11.5 Å². The lowest BCUT2D eigenvalue weighted by Gasteiger charge is -2.13. The number of carbonyl (C=O) groups excluding carboxylic acids is 1. The molecule has 0 radical (unpaired) electrons. The van der Waals surface area contributed by atoms with E-state index in [2.05, 4.69) is 12.2 Å². The third-order valence-electron chi connectivity index (χ3n) is 4.35. The molecule has 0 aromatic heterocycles. The summed E-state index contributed by atoms with van der Waals surface area (Å²) >= 11 is 6.09. The van der Waals surface area contributed by atoms with Crippen LogP contribution in [-0.4, -0.2) is 19.6 Å². The minimum atomic E-state index is -0.289. The first-order valence-corrected chi connectivity index (χ1v) is 10.1. The Hall–Kier alpha value is -3.18. The maximum absolute atomic E-state index is 12.8. The first-order chi connectivity index (χ1) is 14.6. The Morgan fingerprint density at radius 3 is 2.40 bits per heavy atom. The summed E-state index contributed by atoms with van der Waals surface area (Å²) in [7, 11) is 1.59. The van der Waals surface area contributed by atoms with Gasteiger partial charge < -0.3 is 19.5 Å². The average molecular weight is 426 g/mol. The average Bonchev–Trinajstić information content (AvgIpc) is 2.76. The second-order valence-corrected chi connectivity index (χ2v) is 7.01. The van der Waals surface area contributed by atoms with Gasteiger partial charge >= 0.3 is 0 Å². The molecule has 0 aliphatic heterocycles. The van der Waals surface area contributed by atoms with Crippen molar-refractivity contribution < 1.29 is 19.0 Å². The van der Waals surface area contributed by atoms with Crippen LogP contribution in [0.4, 0.5) is 5.69 Å². The predicted octanol–water partition coefficient (Wildman–Crippen LogP) is 6.57. The number of carbonyl (C=O) groups is 1. The molecule has 0 saturated carbocycles. The van der Waals surface area contributed by atoms with Gasteiger partial charge in [0, 0.05) is 10.7 Å². The molecule has 0 aliphatic carbocycles. The second kappa shape index (κ2) is 10.6. The van der Waals surface area contributed by atoms with Gasteiger partial charge in [-0.25, -0.2) is 0 Å². The lowest BCUT2D eigenvalue weighted by Crippen LogP contribution is -2.14. The Labute approximate surface area is 181 Å². The van der Waals surface area contributed by atoms with Crippen molar-refractivity contribution in [3.05, 3.63) is 77.3 Å². The van der Waals surface area contributed by atoms with Crippen LogP contribution >= 0.6 is 11.6 Å². The molecule has 0 aliphatic rings. The number of rotatable bonds is 9. The van der Waals surface area contributed by atoms with Crippen molar-refractivity contribution in [2.75, 3.05) is 19.0 Å². The largest absolute Gasteiger partial charge is 0.493 e. The molecule has 0 bridgehead atoms. The number of benzene rings is 3. The number of anilines is 1. The van der Waals surface area contributed by atoms with Gasteiger partial charge in [0.1, 0.15) is 11.5 Å². The smallest absolute Gasteiger partial charge is 0.259 e. The number of amides is 1. The summed E-state index contributed by atoms with van der Waals surface area (Å²) in [4.78, 5) is 12.8. The monoisotopic (exact) mass is 425 g/mol. The Morgan fingerprint density at radius 2 is 1.70 bits per heavy atom. The normalized spacial score (nSPS) is 10.4. The van der Waals surface area contributed by atoms with E-state index in [9.17, 15) is 4.79 Å². The third kappa shape index (κ3) is 5.67. The molecule has 0 fully saturated rings. The Balaban J connectivity index is 1.69. The van der Waals surface area contributed by atoms with Crippen molar-refractivity contribution in [2.24, 2.45) is 0 Å². The lowest BCUT2D eigenvalue weighted by molar-refractivity contribution is 0.102. The number of para-hydroxylation sites is 2. The van der Waals surface area contributed by atoms with E-state index in [0.29, 0.717) is 45.9 Å². The molecule has 6 heteroatoms. The number of halogens is 1. The van der Waals surface area contributed by atoms with Gasteiger partial charge in [-0.15, -0.1) is 0 Å². The molecule has 0 unspecified atom stereocenters. The van der Waals surface area contributed by atoms with Crippen LogP contribution in [0.1, 0.15) is 30.1 Å². The minimum Gasteiger partial charge on any atom is -0.493 e. The van der Waals surface area contributed by atoms with Gasteiger partial charge in [-0.05, 0) is 61.0 Å². The topological polar surface area (TPSA) is 56.8 Å². The highest BCUT2D eigenvalue weighted by Crippen LogP contribution is 2.31. The van der Waals surface area contributed by atoms with Crippen LogP contribution in [0.25, 0.3) is 0 Å². The molecule has 3 aromatic carbocycles. The summed E-state index contributed by atoms with van der Waals surface area (Å²) in [5, 5.41) is 3.35. The number of methoxy groups -OCH3 is 1. The Bertz CT molecular complexity index is 989. The first-order valence-electron chi connectivity index (χ1n) is 9.75. The quantitative estimate of drug-likeness (QED) is 0.394. The van der Waals surface area contributed by atoms with E-state index in [-0.39, 0.29) is 5.91 Å². The van der Waals surface area contributed by atoms with Crippen LogP contribution in [0.15, 0.2) is 66.7 Å². The number of hydrogen-bond donors (Lipinski definition) is 1. The molecule has 3 rings (SSSR count). The molecule has 1 amide bonds. The molecule has 0 atom stereocenters. The summed E-state index contributed by atoms with van der Waals surface area (Å²) in [6, 6.07) is 19.5. The maximum atomic E-state index is 12.8. The standard InChI is InChI=1S/C24H24ClNO4/c1-3-4-15-29-21-14-9-17(25)16-20(21)24(27)26-18-10-12-19(13-11-18)30-23-8-6-5-7-22(23)28-2/h5-14,16H,3-4,15H2,1-2H3,(H,26,27).